The second kappa shape index (κ2) is 33.4. The summed E-state index contributed by atoms with van der Waals surface area (Å²) in [5.74, 6) is -6.96. The van der Waals surface area contributed by atoms with Gasteiger partial charge in [0.25, 0.3) is 18.3 Å². The third kappa shape index (κ3) is 17.9. The van der Waals surface area contributed by atoms with Crippen molar-refractivity contribution in [2.75, 3.05) is 37.8 Å². The molecule has 6 heterocycles. The number of halogens is 5. The van der Waals surface area contributed by atoms with Gasteiger partial charge in [-0.15, -0.1) is 0 Å². The van der Waals surface area contributed by atoms with Crippen LogP contribution in [-0.2, 0) is 64.3 Å². The summed E-state index contributed by atoms with van der Waals surface area (Å²) in [5, 5.41) is 23.7. The number of amides is 2. The summed E-state index contributed by atoms with van der Waals surface area (Å²) >= 11 is 1.92. The van der Waals surface area contributed by atoms with E-state index in [0.717, 1.165) is 12.1 Å². The number of Topliss-reactive ketones (excluding diaryl/α,β-unsaturated/α-hetero) is 2. The molecule has 8 rings (SSSR count). The molecule has 3 N–H and O–H groups in total. The standard InChI is InChI=1S/C25H26F2N2O8.C21H20F2N2O5.C4H7IO3.CH2O3.2K.H/c1-3-34-24(33)37-13-36-21-19-22(31)25(2)7-4-8-35-18(25)12-29(19)11-16(20(21)30)23(32)28-10-14-5-6-15(26)9-17(14)27;1-21-5-2-6-30-15(21)10-25-9-13(17(26)18(27)16(25)19(21)28)20(29)24-8-11-3-4-12(22)7-14(11)23;1-2-7-4(6)8-3-5;2-1-4-3;;;/h5-6,9,11,18H,3-4,7-8,10,12-13H2,1-2H3,(H,28,32);3-4,7,9,15,27H,2,5-6,8,10H2,1H3,(H,24,29);2-3H2,1H3;1,3H;;;/q;;;;2*+1;-1/p-1/t18-,25-;15-,21-;;;;;/m00...../s1. The van der Waals surface area contributed by atoms with E-state index in [9.17, 15) is 61.0 Å². The molecule has 2 amide bonds. The molecular formula is C51H55F4IK2N4O19. The number of fused-ring (bicyclic) bond motifs is 4. The van der Waals surface area contributed by atoms with Crippen LogP contribution in [0.4, 0.5) is 27.2 Å². The van der Waals surface area contributed by atoms with Crippen LogP contribution in [0.3, 0.4) is 0 Å². The van der Waals surface area contributed by atoms with Gasteiger partial charge in [-0.05, 0) is 88.1 Å². The minimum atomic E-state index is -1.04. The van der Waals surface area contributed by atoms with Gasteiger partial charge in [0.1, 0.15) is 50.4 Å². The molecule has 4 aromatic rings. The maximum absolute atomic E-state index is 14.0. The third-order valence-corrected chi connectivity index (χ3v) is 13.3. The van der Waals surface area contributed by atoms with Crippen molar-refractivity contribution in [1.82, 2.24) is 19.8 Å². The van der Waals surface area contributed by atoms with Crippen molar-refractivity contribution in [3.8, 4) is 11.5 Å². The summed E-state index contributed by atoms with van der Waals surface area (Å²) in [5.41, 5.74) is -4.57. The van der Waals surface area contributed by atoms with Gasteiger partial charge < -0.3 is 69.6 Å². The molecule has 2 aromatic carbocycles. The minimum Gasteiger partial charge on any atom is -1.00 e. The molecule has 4 aliphatic rings. The van der Waals surface area contributed by atoms with Gasteiger partial charge >= 0.3 is 115 Å². The number of hydrogen-bond donors (Lipinski definition) is 3. The molecule has 0 spiro atoms. The average Bonchev–Trinajstić information content (AvgIpc) is 3.43. The molecule has 23 nitrogen and oxygen atoms in total. The largest absolute Gasteiger partial charge is 1.00 e. The summed E-state index contributed by atoms with van der Waals surface area (Å²) in [6.07, 6.45) is 2.35. The van der Waals surface area contributed by atoms with Crippen LogP contribution in [-0.4, -0.2) is 106 Å². The maximum atomic E-state index is 14.0. The van der Waals surface area contributed by atoms with Crippen LogP contribution in [0, 0.1) is 34.1 Å². The molecule has 30 heteroatoms. The van der Waals surface area contributed by atoms with Gasteiger partial charge in [0.05, 0.1) is 49.3 Å². The van der Waals surface area contributed by atoms with E-state index in [4.69, 9.17) is 29.0 Å². The molecule has 2 fully saturated rings. The number of nitrogens with one attached hydrogen (secondary N) is 2. The fourth-order valence-corrected chi connectivity index (χ4v) is 9.08. The van der Waals surface area contributed by atoms with Gasteiger partial charge in [0.2, 0.25) is 17.7 Å². The number of aromatic hydroxyl groups is 1. The fourth-order valence-electron chi connectivity index (χ4n) is 8.82. The Morgan fingerprint density at radius 1 is 0.741 bits per heavy atom. The smallest absolute Gasteiger partial charge is 1.00 e. The number of hydrogen-bond acceptors (Lipinski definition) is 19. The SMILES string of the molecule is CCOC(=O)OCI.CCOC(=O)OCOc1c2n(cc(C(=O)NCc3ccc(F)cc3F)c1=O)C[C@@H]1OCCC[C@]1(C)C2=O.C[C@]12CCCO[C@H]1Cn1cc(C(=O)NCc3ccc(F)cc3F)c(=O)c(O)c1C2=O.O=CO[O-].[H-].[K+].[K+]. The van der Waals surface area contributed by atoms with Crippen LogP contribution in [0.2, 0.25) is 0 Å². The van der Waals surface area contributed by atoms with Crippen LogP contribution < -0.4 is 134 Å². The number of nitrogens with zero attached hydrogens (tertiary/aromatic N) is 2. The van der Waals surface area contributed by atoms with Crippen molar-refractivity contribution < 1.29 is 204 Å². The number of ether oxygens (including phenoxy) is 7. The molecule has 2 aromatic heterocycles. The number of benzene rings is 2. The topological polar surface area (TPSA) is 305 Å². The first-order chi connectivity index (χ1) is 37.6. The Balaban J connectivity index is 0.000000458. The van der Waals surface area contributed by atoms with E-state index in [1.807, 2.05) is 22.6 Å². The zero-order valence-electron chi connectivity index (χ0n) is 45.8. The third-order valence-electron chi connectivity index (χ3n) is 12.9. The number of alkyl halides is 1. The average molecular weight is 1310 g/mol. The van der Waals surface area contributed by atoms with Crippen molar-refractivity contribution in [2.45, 2.75) is 91.8 Å². The van der Waals surface area contributed by atoms with E-state index < -0.39 is 111 Å². The van der Waals surface area contributed by atoms with E-state index in [1.54, 1.807) is 27.7 Å². The quantitative estimate of drug-likeness (QED) is 0.0170. The number of carbonyl (C=O) groups is 7. The number of ketones is 2. The van der Waals surface area contributed by atoms with Gasteiger partial charge in [0.15, 0.2) is 23.1 Å². The predicted molar refractivity (Wildman–Crippen MR) is 270 cm³/mol. The Morgan fingerprint density at radius 3 is 1.60 bits per heavy atom. The van der Waals surface area contributed by atoms with E-state index in [1.165, 1.54) is 33.7 Å². The van der Waals surface area contributed by atoms with Crippen molar-refractivity contribution >= 4 is 64.8 Å². The van der Waals surface area contributed by atoms with E-state index in [0.29, 0.717) is 62.3 Å². The monoisotopic (exact) mass is 1310 g/mol. The summed E-state index contributed by atoms with van der Waals surface area (Å²) in [6, 6.07) is 5.82. The molecule has 0 unspecified atom stereocenters. The summed E-state index contributed by atoms with van der Waals surface area (Å²) in [4.78, 5) is 111. The van der Waals surface area contributed by atoms with Crippen molar-refractivity contribution in [3.05, 3.63) is 126 Å². The van der Waals surface area contributed by atoms with Crippen LogP contribution in [0.1, 0.15) is 108 Å². The molecule has 2 saturated heterocycles. The summed E-state index contributed by atoms with van der Waals surface area (Å²) in [6.45, 7) is 7.06. The first kappa shape index (κ1) is 71.1. The Labute approximate surface area is 559 Å². The van der Waals surface area contributed by atoms with Crippen LogP contribution >= 0.6 is 22.6 Å². The minimum absolute atomic E-state index is 0. The number of rotatable bonds is 13. The van der Waals surface area contributed by atoms with Gasteiger partial charge in [-0.1, -0.05) is 12.1 Å². The Kier molecular flexibility index (Phi) is 29.3. The first-order valence-corrected chi connectivity index (χ1v) is 25.6. The second-order valence-corrected chi connectivity index (χ2v) is 18.5. The van der Waals surface area contributed by atoms with Crippen molar-refractivity contribution in [3.63, 3.8) is 0 Å². The molecule has 0 bridgehead atoms. The fraction of sp³-hybridized carbons (Fsp3) is 0.431. The van der Waals surface area contributed by atoms with Crippen LogP contribution in [0.5, 0.6) is 11.5 Å². The van der Waals surface area contributed by atoms with Gasteiger partial charge in [-0.2, -0.15) is 0 Å². The zero-order chi connectivity index (χ0) is 58.2. The maximum Gasteiger partial charge on any atom is 1.00 e. The molecule has 4 atom stereocenters. The number of carbonyl (C=O) groups excluding carboxylic acids is 7. The van der Waals surface area contributed by atoms with Gasteiger partial charge in [0, 0.05) is 62.0 Å². The molecular weight excluding hydrogens is 1250 g/mol. The second-order valence-electron chi connectivity index (χ2n) is 17.9. The molecule has 4 aliphatic heterocycles. The van der Waals surface area contributed by atoms with Crippen molar-refractivity contribution in [1.29, 1.82) is 0 Å². The van der Waals surface area contributed by atoms with Crippen LogP contribution in [0.25, 0.3) is 0 Å². The van der Waals surface area contributed by atoms with E-state index in [2.05, 4.69) is 29.7 Å². The number of pyridine rings is 2. The molecule has 0 radical (unpaired) electrons. The predicted octanol–water partition coefficient (Wildman–Crippen LogP) is -0.802. The van der Waals surface area contributed by atoms with E-state index >= 15 is 0 Å². The summed E-state index contributed by atoms with van der Waals surface area (Å²) in [7, 11) is 0. The summed E-state index contributed by atoms with van der Waals surface area (Å²) < 4.78 is 92.3. The zero-order valence-corrected chi connectivity index (χ0v) is 53.2. The first-order valence-electron chi connectivity index (χ1n) is 24.1. The molecule has 430 valence electrons. The Hall–Kier alpha value is -4.17. The van der Waals surface area contributed by atoms with Gasteiger partial charge in [-0.3, -0.25) is 33.6 Å². The van der Waals surface area contributed by atoms with Gasteiger partial charge in [-0.25, -0.2) is 27.2 Å². The van der Waals surface area contributed by atoms with E-state index in [-0.39, 0.29) is 177 Å². The van der Waals surface area contributed by atoms with Crippen LogP contribution in [0.15, 0.2) is 58.4 Å². The van der Waals surface area contributed by atoms with Crippen molar-refractivity contribution in [2.24, 2.45) is 10.8 Å². The molecule has 0 saturated carbocycles. The normalized spacial score (nSPS) is 18.9. The Morgan fingerprint density at radius 2 is 1.17 bits per heavy atom. The number of aromatic nitrogens is 2. The molecule has 0 aliphatic carbocycles. The molecule has 81 heavy (non-hydrogen) atoms. The Bertz CT molecular complexity index is 3060.